The maximum Gasteiger partial charge on any atom is 0.0962 e. The van der Waals surface area contributed by atoms with E-state index in [1.54, 1.807) is 0 Å². The number of aryl methyl sites for hydroxylation is 1. The van der Waals surface area contributed by atoms with Crippen LogP contribution in [0.1, 0.15) is 59.6 Å². The second kappa shape index (κ2) is 3.87. The van der Waals surface area contributed by atoms with Crippen LogP contribution in [0.15, 0.2) is 0 Å². The van der Waals surface area contributed by atoms with E-state index < -0.39 is 0 Å². The van der Waals surface area contributed by atoms with E-state index >= 15 is 0 Å². The van der Waals surface area contributed by atoms with Gasteiger partial charge >= 0.3 is 0 Å². The van der Waals surface area contributed by atoms with E-state index in [0.717, 1.165) is 5.92 Å². The topological polar surface area (TPSA) is 24.9 Å². The molecule has 0 radical (unpaired) electrons. The monoisotopic (exact) mass is 222 g/mol. The number of rotatable bonds is 2. The van der Waals surface area contributed by atoms with Gasteiger partial charge in [-0.05, 0) is 39.2 Å². The number of fused-ring (bicyclic) bond motifs is 1. The number of nitrogens with one attached hydrogen (secondary N) is 1. The summed E-state index contributed by atoms with van der Waals surface area (Å²) in [4.78, 5) is 6.38. The third kappa shape index (κ3) is 1.62. The molecule has 3 rings (SSSR count). The van der Waals surface area contributed by atoms with E-state index in [4.69, 9.17) is 4.98 Å². The van der Waals surface area contributed by atoms with E-state index in [0.29, 0.717) is 6.04 Å². The van der Waals surface area contributed by atoms with Crippen molar-refractivity contribution in [2.24, 2.45) is 0 Å². The predicted octanol–water partition coefficient (Wildman–Crippen LogP) is 3.01. The molecule has 0 spiro atoms. The lowest BCUT2D eigenvalue weighted by Gasteiger charge is -2.22. The predicted molar refractivity (Wildman–Crippen MR) is 63.4 cm³/mol. The maximum absolute atomic E-state index is 4.85. The highest BCUT2D eigenvalue weighted by molar-refractivity contribution is 7.12. The maximum atomic E-state index is 4.85. The number of thiazole rings is 1. The van der Waals surface area contributed by atoms with Gasteiger partial charge in [0, 0.05) is 16.8 Å². The quantitative estimate of drug-likeness (QED) is 0.832. The highest BCUT2D eigenvalue weighted by Gasteiger charge is 2.28. The molecule has 0 amide bonds. The van der Waals surface area contributed by atoms with Crippen LogP contribution in [0.5, 0.6) is 0 Å². The van der Waals surface area contributed by atoms with Crippen molar-refractivity contribution in [2.45, 2.75) is 50.5 Å². The van der Waals surface area contributed by atoms with Gasteiger partial charge in [0.25, 0.3) is 0 Å². The molecule has 0 saturated heterocycles. The molecule has 0 aromatic carbocycles. The van der Waals surface area contributed by atoms with Gasteiger partial charge in [-0.2, -0.15) is 0 Å². The molecule has 1 saturated carbocycles. The molecular formula is C12H18N2S. The van der Waals surface area contributed by atoms with Gasteiger partial charge in [-0.1, -0.05) is 6.42 Å². The summed E-state index contributed by atoms with van der Waals surface area (Å²) in [5.74, 6) is 0.804. The van der Waals surface area contributed by atoms with E-state index in [-0.39, 0.29) is 0 Å². The third-order valence-corrected chi connectivity index (χ3v) is 5.14. The van der Waals surface area contributed by atoms with E-state index in [2.05, 4.69) is 12.4 Å². The van der Waals surface area contributed by atoms with Crippen molar-refractivity contribution in [3.05, 3.63) is 15.6 Å². The molecule has 1 heterocycles. The lowest BCUT2D eigenvalue weighted by Crippen LogP contribution is -2.19. The van der Waals surface area contributed by atoms with Crippen LogP contribution in [0.2, 0.25) is 0 Å². The molecule has 2 aliphatic rings. The molecule has 1 aromatic heterocycles. The molecule has 2 aliphatic carbocycles. The molecule has 1 unspecified atom stereocenters. The Kier molecular flexibility index (Phi) is 2.53. The minimum Gasteiger partial charge on any atom is -0.312 e. The molecule has 0 aliphatic heterocycles. The molecular weight excluding hydrogens is 204 g/mol. The first-order valence-electron chi connectivity index (χ1n) is 6.05. The number of hydrogen-bond donors (Lipinski definition) is 1. The van der Waals surface area contributed by atoms with Crippen LogP contribution < -0.4 is 5.32 Å². The Labute approximate surface area is 95.1 Å². The Morgan fingerprint density at radius 2 is 2.13 bits per heavy atom. The highest BCUT2D eigenvalue weighted by Crippen LogP contribution is 2.42. The molecule has 1 N–H and O–H groups in total. The minimum atomic E-state index is 0.583. The summed E-state index contributed by atoms with van der Waals surface area (Å²) in [6.45, 7) is 0. The van der Waals surface area contributed by atoms with Crippen LogP contribution in [0.4, 0.5) is 0 Å². The zero-order valence-electron chi connectivity index (χ0n) is 9.25. The van der Waals surface area contributed by atoms with Gasteiger partial charge in [-0.3, -0.25) is 0 Å². The van der Waals surface area contributed by atoms with Crippen LogP contribution in [0, 0.1) is 0 Å². The third-order valence-electron chi connectivity index (χ3n) is 3.77. The van der Waals surface area contributed by atoms with Crippen molar-refractivity contribution in [1.29, 1.82) is 0 Å². The Bertz CT molecular complexity index is 355. The summed E-state index contributed by atoms with van der Waals surface area (Å²) < 4.78 is 0. The summed E-state index contributed by atoms with van der Waals surface area (Å²) in [6.07, 6.45) is 7.94. The Morgan fingerprint density at radius 3 is 2.80 bits per heavy atom. The zero-order valence-corrected chi connectivity index (χ0v) is 10.1. The average molecular weight is 222 g/mol. The van der Waals surface area contributed by atoms with Crippen molar-refractivity contribution < 1.29 is 0 Å². The van der Waals surface area contributed by atoms with Gasteiger partial charge in [0.15, 0.2) is 0 Å². The second-order valence-electron chi connectivity index (χ2n) is 4.72. The Morgan fingerprint density at radius 1 is 1.27 bits per heavy atom. The molecule has 1 atom stereocenters. The Balaban J connectivity index is 1.90. The van der Waals surface area contributed by atoms with Crippen molar-refractivity contribution in [3.63, 3.8) is 0 Å². The molecule has 1 aromatic rings. The van der Waals surface area contributed by atoms with E-state index in [1.165, 1.54) is 54.1 Å². The van der Waals surface area contributed by atoms with Crippen LogP contribution in [-0.2, 0) is 6.42 Å². The summed E-state index contributed by atoms with van der Waals surface area (Å²) in [6, 6.07) is 0.583. The van der Waals surface area contributed by atoms with Crippen LogP contribution in [0.25, 0.3) is 0 Å². The summed E-state index contributed by atoms with van der Waals surface area (Å²) >= 11 is 1.98. The SMILES string of the molecule is CNC1CCCc2nc(C3CCC3)sc21. The fourth-order valence-corrected chi connectivity index (χ4v) is 3.97. The fraction of sp³-hybridized carbons (Fsp3) is 0.750. The fourth-order valence-electron chi connectivity index (χ4n) is 2.54. The molecule has 3 heteroatoms. The van der Waals surface area contributed by atoms with Crippen molar-refractivity contribution in [1.82, 2.24) is 10.3 Å². The standard InChI is InChI=1S/C12H18N2S/c1-13-9-6-3-7-10-11(9)15-12(14-10)8-4-2-5-8/h8-9,13H,2-7H2,1H3. The first-order valence-corrected chi connectivity index (χ1v) is 6.87. The number of hydrogen-bond acceptors (Lipinski definition) is 3. The van der Waals surface area contributed by atoms with Gasteiger partial charge in [0.1, 0.15) is 0 Å². The largest absolute Gasteiger partial charge is 0.312 e. The second-order valence-corrected chi connectivity index (χ2v) is 5.79. The zero-order chi connectivity index (χ0) is 10.3. The molecule has 0 bridgehead atoms. The summed E-state index contributed by atoms with van der Waals surface area (Å²) in [7, 11) is 2.07. The average Bonchev–Trinajstić information content (AvgIpc) is 2.57. The first-order chi connectivity index (χ1) is 7.38. The highest BCUT2D eigenvalue weighted by atomic mass is 32.1. The lowest BCUT2D eigenvalue weighted by molar-refractivity contribution is 0.417. The summed E-state index contributed by atoms with van der Waals surface area (Å²) in [5.41, 5.74) is 1.40. The first kappa shape index (κ1) is 9.79. The number of aromatic nitrogens is 1. The molecule has 2 nitrogen and oxygen atoms in total. The van der Waals surface area contributed by atoms with Gasteiger partial charge in [0.2, 0.25) is 0 Å². The van der Waals surface area contributed by atoms with Crippen molar-refractivity contribution in [2.75, 3.05) is 7.05 Å². The number of nitrogens with zero attached hydrogens (tertiary/aromatic N) is 1. The van der Waals surface area contributed by atoms with Crippen LogP contribution in [0.3, 0.4) is 0 Å². The van der Waals surface area contributed by atoms with Gasteiger partial charge in [-0.15, -0.1) is 11.3 Å². The molecule has 15 heavy (non-hydrogen) atoms. The van der Waals surface area contributed by atoms with Crippen LogP contribution in [-0.4, -0.2) is 12.0 Å². The van der Waals surface area contributed by atoms with Crippen LogP contribution >= 0.6 is 11.3 Å². The van der Waals surface area contributed by atoms with Gasteiger partial charge in [0.05, 0.1) is 10.7 Å². The normalized spacial score (nSPS) is 26.1. The molecule has 82 valence electrons. The van der Waals surface area contributed by atoms with E-state index in [9.17, 15) is 0 Å². The lowest BCUT2D eigenvalue weighted by atomic mass is 9.86. The van der Waals surface area contributed by atoms with Gasteiger partial charge < -0.3 is 5.32 Å². The Hall–Kier alpha value is -0.410. The van der Waals surface area contributed by atoms with Gasteiger partial charge in [-0.25, -0.2) is 4.98 Å². The minimum absolute atomic E-state index is 0.583. The smallest absolute Gasteiger partial charge is 0.0962 e. The molecule has 1 fully saturated rings. The summed E-state index contributed by atoms with van der Waals surface area (Å²) in [5, 5.41) is 4.84. The van der Waals surface area contributed by atoms with Crippen molar-refractivity contribution in [3.8, 4) is 0 Å². The van der Waals surface area contributed by atoms with E-state index in [1.807, 2.05) is 11.3 Å². The van der Waals surface area contributed by atoms with Crippen molar-refractivity contribution >= 4 is 11.3 Å².